The number of fused-ring (bicyclic) bond motifs is 6. The fourth-order valence-corrected chi connectivity index (χ4v) is 8.36. The lowest BCUT2D eigenvalue weighted by atomic mass is 9.81. The predicted molar refractivity (Wildman–Crippen MR) is 230 cm³/mol. The maximum Gasteiger partial charge on any atom is 0.0998 e. The minimum atomic E-state index is -0.510. The number of nitrogens with zero attached hydrogens (tertiary/aromatic N) is 1. The number of hydrogen-bond acceptors (Lipinski definition) is 2. The molecule has 0 heterocycles. The topological polar surface area (TPSA) is 15.3 Å². The largest absolute Gasteiger partial charge is 0.368 e. The van der Waals surface area contributed by atoms with Crippen LogP contribution in [0.4, 0.5) is 22.7 Å². The molecule has 9 aromatic rings. The second-order valence-electron chi connectivity index (χ2n) is 14.2. The quantitative estimate of drug-likeness (QED) is 0.132. The lowest BCUT2D eigenvalue weighted by Crippen LogP contribution is -2.33. The first-order valence-electron chi connectivity index (χ1n) is 18.7. The highest BCUT2D eigenvalue weighted by atomic mass is 15.1. The van der Waals surface area contributed by atoms with Gasteiger partial charge in [0.15, 0.2) is 0 Å². The van der Waals surface area contributed by atoms with E-state index >= 15 is 0 Å². The highest BCUT2D eigenvalue weighted by Gasteiger charge is 2.30. The number of para-hydroxylation sites is 1. The van der Waals surface area contributed by atoms with Crippen molar-refractivity contribution < 1.29 is 0 Å². The summed E-state index contributed by atoms with van der Waals surface area (Å²) in [5.74, 6) is 0.137. The molecule has 1 N–H and O–H groups in total. The van der Waals surface area contributed by atoms with Gasteiger partial charge in [0.1, 0.15) is 0 Å². The Morgan fingerprint density at radius 3 is 1.54 bits per heavy atom. The zero-order valence-corrected chi connectivity index (χ0v) is 29.8. The first-order chi connectivity index (χ1) is 26.7. The highest BCUT2D eigenvalue weighted by Crippen LogP contribution is 2.43. The molecular weight excluding hydrogens is 653 g/mol. The molecule has 0 unspecified atom stereocenters. The van der Waals surface area contributed by atoms with Crippen LogP contribution in [0.2, 0.25) is 0 Å². The molecule has 0 amide bonds. The first kappa shape index (κ1) is 31.8. The Labute approximate surface area is 316 Å². The third kappa shape index (κ3) is 5.52. The van der Waals surface area contributed by atoms with Crippen molar-refractivity contribution in [2.24, 2.45) is 0 Å². The van der Waals surface area contributed by atoms with Crippen LogP contribution >= 0.6 is 0 Å². The molecule has 0 atom stereocenters. The molecule has 1 aliphatic rings. The zero-order chi connectivity index (χ0) is 35.9. The van der Waals surface area contributed by atoms with Crippen molar-refractivity contribution in [2.45, 2.75) is 11.5 Å². The number of nitrogens with one attached hydrogen (secondary N) is 1. The van der Waals surface area contributed by atoms with Crippen molar-refractivity contribution in [2.75, 3.05) is 10.2 Å². The smallest absolute Gasteiger partial charge is 0.0998 e. The van der Waals surface area contributed by atoms with Crippen LogP contribution in [-0.4, -0.2) is 0 Å². The molecule has 2 heteroatoms. The summed E-state index contributed by atoms with van der Waals surface area (Å²) in [6.45, 7) is 0. The SMILES string of the molecule is C1=CC(Nc2cc3ccccc3c3ccccc23)(c2ccccc2)C=CC1c1ccc(N(c2ccccc2)c2cc3ccccc3c3ccccc23)cc1. The second kappa shape index (κ2) is 13.3. The van der Waals surface area contributed by atoms with E-state index in [2.05, 4.69) is 229 Å². The van der Waals surface area contributed by atoms with E-state index in [-0.39, 0.29) is 5.92 Å². The Balaban J connectivity index is 1.02. The van der Waals surface area contributed by atoms with E-state index in [9.17, 15) is 0 Å². The van der Waals surface area contributed by atoms with Gasteiger partial charge in [0.2, 0.25) is 0 Å². The number of anilines is 4. The molecule has 1 aliphatic carbocycles. The summed E-state index contributed by atoms with van der Waals surface area (Å²) in [5.41, 5.74) is 6.48. The summed E-state index contributed by atoms with van der Waals surface area (Å²) in [6, 6.07) is 70.0. The molecular formula is C52H38N2. The molecule has 54 heavy (non-hydrogen) atoms. The average Bonchev–Trinajstić information content (AvgIpc) is 3.25. The van der Waals surface area contributed by atoms with Gasteiger partial charge in [-0.15, -0.1) is 0 Å². The third-order valence-electron chi connectivity index (χ3n) is 11.0. The summed E-state index contributed by atoms with van der Waals surface area (Å²) in [7, 11) is 0. The molecule has 10 rings (SSSR count). The van der Waals surface area contributed by atoms with E-state index in [1.807, 2.05) is 0 Å². The minimum absolute atomic E-state index is 0.137. The van der Waals surface area contributed by atoms with Gasteiger partial charge in [-0.2, -0.15) is 0 Å². The third-order valence-corrected chi connectivity index (χ3v) is 11.0. The fourth-order valence-electron chi connectivity index (χ4n) is 8.36. The Morgan fingerprint density at radius 1 is 0.407 bits per heavy atom. The van der Waals surface area contributed by atoms with E-state index in [1.54, 1.807) is 0 Å². The molecule has 256 valence electrons. The van der Waals surface area contributed by atoms with E-state index in [1.165, 1.54) is 59.9 Å². The summed E-state index contributed by atoms with van der Waals surface area (Å²) in [4.78, 5) is 2.39. The van der Waals surface area contributed by atoms with Crippen LogP contribution in [0.5, 0.6) is 0 Å². The van der Waals surface area contributed by atoms with Crippen molar-refractivity contribution in [3.05, 3.63) is 230 Å². The summed E-state index contributed by atoms with van der Waals surface area (Å²) < 4.78 is 0. The number of rotatable bonds is 7. The molecule has 2 nitrogen and oxygen atoms in total. The van der Waals surface area contributed by atoms with Crippen molar-refractivity contribution in [1.29, 1.82) is 0 Å². The van der Waals surface area contributed by atoms with Gasteiger partial charge in [-0.05, 0) is 79.8 Å². The van der Waals surface area contributed by atoms with Gasteiger partial charge < -0.3 is 10.2 Å². The van der Waals surface area contributed by atoms with Crippen LogP contribution in [0.15, 0.2) is 218 Å². The van der Waals surface area contributed by atoms with Gasteiger partial charge in [-0.1, -0.05) is 182 Å². The monoisotopic (exact) mass is 690 g/mol. The maximum atomic E-state index is 4.03. The molecule has 0 spiro atoms. The molecule has 0 fully saturated rings. The fraction of sp³-hybridized carbons (Fsp3) is 0.0385. The van der Waals surface area contributed by atoms with Gasteiger partial charge in [-0.25, -0.2) is 0 Å². The molecule has 0 saturated heterocycles. The Kier molecular flexibility index (Phi) is 7.81. The number of allylic oxidation sites excluding steroid dienone is 2. The number of benzene rings is 9. The van der Waals surface area contributed by atoms with Gasteiger partial charge in [0.05, 0.1) is 11.2 Å². The van der Waals surface area contributed by atoms with Crippen LogP contribution in [0.1, 0.15) is 17.0 Å². The summed E-state index contributed by atoms with van der Waals surface area (Å²) >= 11 is 0. The molecule has 0 aliphatic heterocycles. The van der Waals surface area contributed by atoms with Crippen LogP contribution in [-0.2, 0) is 5.54 Å². The van der Waals surface area contributed by atoms with Gasteiger partial charge in [0.25, 0.3) is 0 Å². The van der Waals surface area contributed by atoms with Crippen LogP contribution < -0.4 is 10.2 Å². The van der Waals surface area contributed by atoms with E-state index in [0.717, 1.165) is 17.1 Å². The minimum Gasteiger partial charge on any atom is -0.368 e. The highest BCUT2D eigenvalue weighted by molar-refractivity contribution is 6.15. The lowest BCUT2D eigenvalue weighted by molar-refractivity contribution is 0.750. The van der Waals surface area contributed by atoms with Crippen LogP contribution in [0, 0.1) is 0 Å². The van der Waals surface area contributed by atoms with Gasteiger partial charge in [-0.3, -0.25) is 0 Å². The zero-order valence-electron chi connectivity index (χ0n) is 29.8. The lowest BCUT2D eigenvalue weighted by Gasteiger charge is -2.34. The Hall–Kier alpha value is -6.90. The van der Waals surface area contributed by atoms with Crippen molar-refractivity contribution in [3.63, 3.8) is 0 Å². The van der Waals surface area contributed by atoms with Crippen molar-refractivity contribution in [3.8, 4) is 0 Å². The first-order valence-corrected chi connectivity index (χ1v) is 18.7. The van der Waals surface area contributed by atoms with E-state index in [4.69, 9.17) is 0 Å². The summed E-state index contributed by atoms with van der Waals surface area (Å²) in [5, 5.41) is 14.0. The normalized spacial score (nSPS) is 16.6. The molecule has 0 aromatic heterocycles. The Morgan fingerprint density at radius 2 is 0.889 bits per heavy atom. The van der Waals surface area contributed by atoms with Gasteiger partial charge in [0, 0.05) is 33.8 Å². The average molecular weight is 691 g/mol. The second-order valence-corrected chi connectivity index (χ2v) is 14.2. The molecule has 9 aromatic carbocycles. The van der Waals surface area contributed by atoms with Gasteiger partial charge >= 0.3 is 0 Å². The van der Waals surface area contributed by atoms with Crippen molar-refractivity contribution >= 4 is 65.8 Å². The molecule has 0 radical (unpaired) electrons. The number of hydrogen-bond donors (Lipinski definition) is 1. The van der Waals surface area contributed by atoms with E-state index < -0.39 is 5.54 Å². The van der Waals surface area contributed by atoms with Crippen molar-refractivity contribution in [1.82, 2.24) is 0 Å². The van der Waals surface area contributed by atoms with Crippen LogP contribution in [0.25, 0.3) is 43.1 Å². The van der Waals surface area contributed by atoms with Crippen LogP contribution in [0.3, 0.4) is 0 Å². The van der Waals surface area contributed by atoms with E-state index in [0.29, 0.717) is 0 Å². The summed E-state index contributed by atoms with van der Waals surface area (Å²) in [6.07, 6.45) is 9.40. The molecule has 0 saturated carbocycles. The standard InChI is InChI=1S/C52H38N2/c1-3-17-41(18-4-1)52(53-50-35-39-15-7-9-21-44(39)46-23-11-13-25-48(46)50)33-31-38(32-34-52)37-27-29-43(30-28-37)54(42-19-5-2-6-20-42)51-36-40-16-8-10-22-45(40)47-24-12-14-26-49(47)51/h1-36,38,53H. The Bertz CT molecular complexity index is 2840. The predicted octanol–water partition coefficient (Wildman–Crippen LogP) is 14.0. The maximum absolute atomic E-state index is 4.03. The molecule has 0 bridgehead atoms.